The predicted molar refractivity (Wildman–Crippen MR) is 86.2 cm³/mol. The third-order valence-electron chi connectivity index (χ3n) is 4.88. The van der Waals surface area contributed by atoms with E-state index in [2.05, 4.69) is 25.9 Å². The fraction of sp³-hybridized carbons (Fsp3) is 0.733. The van der Waals surface area contributed by atoms with E-state index in [0.29, 0.717) is 0 Å². The Morgan fingerprint density at radius 1 is 1.52 bits per heavy atom. The fourth-order valence-electron chi connectivity index (χ4n) is 3.20. The van der Waals surface area contributed by atoms with Gasteiger partial charge in [0.15, 0.2) is 0 Å². The van der Waals surface area contributed by atoms with Crippen molar-refractivity contribution in [2.45, 2.75) is 38.3 Å². The van der Waals surface area contributed by atoms with Gasteiger partial charge < -0.3 is 9.64 Å². The number of anilines is 1. The highest BCUT2D eigenvalue weighted by Gasteiger charge is 2.36. The predicted octanol–water partition coefficient (Wildman–Crippen LogP) is 2.03. The lowest BCUT2D eigenvalue weighted by Crippen LogP contribution is -2.40. The molecule has 2 aliphatic rings. The molecule has 1 aliphatic heterocycles. The van der Waals surface area contributed by atoms with Gasteiger partial charge in [-0.15, -0.1) is 0 Å². The Kier molecular flexibility index (Phi) is 4.36. The van der Waals surface area contributed by atoms with Crippen LogP contribution in [0.5, 0.6) is 0 Å². The van der Waals surface area contributed by atoms with Crippen molar-refractivity contribution >= 4 is 21.6 Å². The number of rotatable bonds is 5. The largest absolute Gasteiger partial charge is 0.380 e. The molecule has 6 heteroatoms. The molecule has 1 aromatic rings. The normalized spacial score (nSPS) is 24.1. The van der Waals surface area contributed by atoms with E-state index < -0.39 is 0 Å². The Morgan fingerprint density at radius 2 is 2.33 bits per heavy atom. The van der Waals surface area contributed by atoms with Crippen LogP contribution in [0, 0.1) is 5.41 Å². The molecule has 116 valence electrons. The molecule has 3 rings (SSSR count). The molecule has 0 amide bonds. The lowest BCUT2D eigenvalue weighted by molar-refractivity contribution is 0.121. The van der Waals surface area contributed by atoms with Crippen molar-refractivity contribution in [3.05, 3.63) is 22.6 Å². The molecule has 1 unspecified atom stereocenters. The summed E-state index contributed by atoms with van der Waals surface area (Å²) in [5.74, 6) is 0. The smallest absolute Gasteiger partial charge is 0.268 e. The monoisotopic (exact) mass is 355 g/mol. The van der Waals surface area contributed by atoms with E-state index in [-0.39, 0.29) is 17.1 Å². The molecule has 0 bridgehead atoms. The zero-order valence-corrected chi connectivity index (χ0v) is 14.0. The number of halogens is 1. The van der Waals surface area contributed by atoms with Crippen LogP contribution in [0.3, 0.4) is 0 Å². The van der Waals surface area contributed by atoms with Crippen LogP contribution in [-0.4, -0.2) is 41.4 Å². The van der Waals surface area contributed by atoms with Crippen molar-refractivity contribution in [1.29, 1.82) is 0 Å². The molecular weight excluding hydrogens is 334 g/mol. The fourth-order valence-corrected chi connectivity index (χ4v) is 3.94. The van der Waals surface area contributed by atoms with Crippen LogP contribution in [0.15, 0.2) is 17.1 Å². The summed E-state index contributed by atoms with van der Waals surface area (Å²) in [7, 11) is 1.74. The standard InChI is InChI=1S/C15H22BrN3O2/c1-21-13-3-6-18(9-13)12-7-14(20)19(17-8-12)11-15(10-16)4-2-5-15/h7-8,13H,2-6,9-11H2,1H3. The Labute approximate surface area is 133 Å². The first kappa shape index (κ1) is 15.0. The summed E-state index contributed by atoms with van der Waals surface area (Å²) in [5.41, 5.74) is 1.14. The first-order valence-electron chi connectivity index (χ1n) is 7.57. The van der Waals surface area contributed by atoms with Gasteiger partial charge in [0.1, 0.15) is 0 Å². The van der Waals surface area contributed by atoms with Gasteiger partial charge in [-0.05, 0) is 24.7 Å². The van der Waals surface area contributed by atoms with Gasteiger partial charge in [0.05, 0.1) is 24.5 Å². The van der Waals surface area contributed by atoms with Crippen molar-refractivity contribution in [3.8, 4) is 0 Å². The Morgan fingerprint density at radius 3 is 2.86 bits per heavy atom. The summed E-state index contributed by atoms with van der Waals surface area (Å²) in [6.45, 7) is 2.49. The molecule has 2 fully saturated rings. The van der Waals surface area contributed by atoms with E-state index in [1.807, 2.05) is 6.20 Å². The minimum Gasteiger partial charge on any atom is -0.380 e. The summed E-state index contributed by atoms with van der Waals surface area (Å²) >= 11 is 3.58. The maximum Gasteiger partial charge on any atom is 0.268 e. The van der Waals surface area contributed by atoms with E-state index in [4.69, 9.17) is 4.74 Å². The zero-order valence-electron chi connectivity index (χ0n) is 12.4. The molecule has 21 heavy (non-hydrogen) atoms. The molecule has 2 heterocycles. The van der Waals surface area contributed by atoms with Crippen molar-refractivity contribution in [1.82, 2.24) is 9.78 Å². The topological polar surface area (TPSA) is 47.4 Å². The van der Waals surface area contributed by atoms with Gasteiger partial charge in [-0.25, -0.2) is 4.68 Å². The van der Waals surface area contributed by atoms with Gasteiger partial charge >= 0.3 is 0 Å². The second-order valence-electron chi connectivity index (χ2n) is 6.29. The van der Waals surface area contributed by atoms with Gasteiger partial charge in [0.2, 0.25) is 0 Å². The Hall–Kier alpha value is -0.880. The SMILES string of the molecule is COC1CCN(c2cnn(CC3(CBr)CCC3)c(=O)c2)C1. The molecule has 1 saturated heterocycles. The minimum absolute atomic E-state index is 0.000548. The van der Waals surface area contributed by atoms with E-state index in [9.17, 15) is 4.79 Å². The Balaban J connectivity index is 1.73. The summed E-state index contributed by atoms with van der Waals surface area (Å²) in [6, 6.07) is 1.71. The van der Waals surface area contributed by atoms with E-state index >= 15 is 0 Å². The van der Waals surface area contributed by atoms with Crippen molar-refractivity contribution in [2.24, 2.45) is 5.41 Å². The van der Waals surface area contributed by atoms with Crippen LogP contribution >= 0.6 is 15.9 Å². The van der Waals surface area contributed by atoms with Crippen LogP contribution < -0.4 is 10.5 Å². The summed E-state index contributed by atoms with van der Waals surface area (Å²) < 4.78 is 6.99. The zero-order chi connectivity index (χ0) is 14.9. The van der Waals surface area contributed by atoms with Crippen LogP contribution in [0.4, 0.5) is 5.69 Å². The van der Waals surface area contributed by atoms with Crippen LogP contribution in [0.2, 0.25) is 0 Å². The highest BCUT2D eigenvalue weighted by atomic mass is 79.9. The maximum atomic E-state index is 12.3. The molecule has 0 aromatic carbocycles. The average molecular weight is 356 g/mol. The van der Waals surface area contributed by atoms with E-state index in [1.165, 1.54) is 19.3 Å². The Bertz CT molecular complexity index is 551. The average Bonchev–Trinajstić information content (AvgIpc) is 2.93. The molecule has 1 aromatic heterocycles. The second-order valence-corrected chi connectivity index (χ2v) is 6.85. The molecule has 0 spiro atoms. The number of alkyl halides is 1. The first-order chi connectivity index (χ1) is 10.2. The number of hydrogen-bond donors (Lipinski definition) is 0. The second kappa shape index (κ2) is 6.08. The van der Waals surface area contributed by atoms with Gasteiger partial charge in [-0.2, -0.15) is 5.10 Å². The van der Waals surface area contributed by atoms with Crippen molar-refractivity contribution < 1.29 is 4.74 Å². The highest BCUT2D eigenvalue weighted by molar-refractivity contribution is 9.09. The number of nitrogens with zero attached hydrogens (tertiary/aromatic N) is 3. The quantitative estimate of drug-likeness (QED) is 0.758. The summed E-state index contributed by atoms with van der Waals surface area (Å²) in [5, 5.41) is 5.33. The minimum atomic E-state index is 0.000548. The van der Waals surface area contributed by atoms with Gasteiger partial charge in [-0.1, -0.05) is 22.4 Å². The first-order valence-corrected chi connectivity index (χ1v) is 8.69. The highest BCUT2D eigenvalue weighted by Crippen LogP contribution is 2.43. The number of methoxy groups -OCH3 is 1. The van der Waals surface area contributed by atoms with E-state index in [0.717, 1.165) is 37.1 Å². The summed E-state index contributed by atoms with van der Waals surface area (Å²) in [6.07, 6.45) is 6.70. The van der Waals surface area contributed by atoms with Crippen LogP contribution in [-0.2, 0) is 11.3 Å². The van der Waals surface area contributed by atoms with E-state index in [1.54, 1.807) is 17.9 Å². The third-order valence-corrected chi connectivity index (χ3v) is 6.07. The molecule has 5 nitrogen and oxygen atoms in total. The summed E-state index contributed by atoms with van der Waals surface area (Å²) in [4.78, 5) is 14.5. The van der Waals surface area contributed by atoms with Crippen molar-refractivity contribution in [3.63, 3.8) is 0 Å². The molecule has 0 radical (unpaired) electrons. The molecule has 1 aliphatic carbocycles. The van der Waals surface area contributed by atoms with Gasteiger partial charge in [0, 0.05) is 31.6 Å². The van der Waals surface area contributed by atoms with Crippen LogP contribution in [0.25, 0.3) is 0 Å². The lowest BCUT2D eigenvalue weighted by Gasteiger charge is -2.40. The number of hydrogen-bond acceptors (Lipinski definition) is 4. The molecule has 1 saturated carbocycles. The lowest BCUT2D eigenvalue weighted by atomic mass is 9.70. The number of ether oxygens (including phenoxy) is 1. The molecular formula is C15H22BrN3O2. The van der Waals surface area contributed by atoms with Gasteiger partial charge in [0.25, 0.3) is 5.56 Å². The van der Waals surface area contributed by atoms with Crippen LogP contribution in [0.1, 0.15) is 25.7 Å². The maximum absolute atomic E-state index is 12.3. The molecule has 0 N–H and O–H groups in total. The van der Waals surface area contributed by atoms with Gasteiger partial charge in [-0.3, -0.25) is 4.79 Å². The molecule has 1 atom stereocenters. The third kappa shape index (κ3) is 3.01. The number of aromatic nitrogens is 2. The van der Waals surface area contributed by atoms with Crippen molar-refractivity contribution in [2.75, 3.05) is 30.4 Å².